The molecule has 2 heterocycles. The zero-order valence-electron chi connectivity index (χ0n) is 16.2. The maximum absolute atomic E-state index is 13.3. The molecule has 2 atom stereocenters. The van der Waals surface area contributed by atoms with Crippen LogP contribution in [0.2, 0.25) is 0 Å². The fraction of sp³-hybridized carbons (Fsp3) is 0.130. The number of para-hydroxylation sites is 2. The Morgan fingerprint density at radius 2 is 1.74 bits per heavy atom. The van der Waals surface area contributed by atoms with E-state index < -0.39 is 52.1 Å². The maximum Gasteiger partial charge on any atom is 0.347 e. The van der Waals surface area contributed by atoms with Gasteiger partial charge in [-0.15, -0.1) is 0 Å². The van der Waals surface area contributed by atoms with Gasteiger partial charge in [-0.1, -0.05) is 42.2 Å². The molecule has 1 aromatic heterocycles. The Morgan fingerprint density at radius 1 is 1.06 bits per heavy atom. The smallest absolute Gasteiger partial charge is 0.347 e. The number of Topliss-reactive ketones (excluding diaryl/α,β-unsaturated/α-hetero) is 2. The third-order valence-electron chi connectivity index (χ3n) is 5.08. The van der Waals surface area contributed by atoms with Crippen LogP contribution in [0.25, 0.3) is 16.7 Å². The van der Waals surface area contributed by atoms with Crippen molar-refractivity contribution >= 4 is 34.3 Å². The summed E-state index contributed by atoms with van der Waals surface area (Å²) < 4.78 is 10.8. The maximum atomic E-state index is 13.3. The molecule has 1 aliphatic rings. The summed E-state index contributed by atoms with van der Waals surface area (Å²) in [6, 6.07) is 13.7. The first-order valence-corrected chi connectivity index (χ1v) is 9.27. The highest BCUT2D eigenvalue weighted by atomic mass is 16.5. The van der Waals surface area contributed by atoms with E-state index in [2.05, 4.69) is 0 Å². The lowest BCUT2D eigenvalue weighted by Crippen LogP contribution is -2.45. The van der Waals surface area contributed by atoms with E-state index >= 15 is 0 Å². The fourth-order valence-electron chi connectivity index (χ4n) is 3.62. The molecule has 4 rings (SSSR count). The van der Waals surface area contributed by atoms with E-state index in [1.165, 1.54) is 24.3 Å². The summed E-state index contributed by atoms with van der Waals surface area (Å²) in [7, 11) is 0. The number of carboxylic acid groups (broad SMARTS) is 1. The average molecular weight is 419 g/mol. The lowest BCUT2D eigenvalue weighted by atomic mass is 9.83. The molecular formula is C23H15O8-. The minimum absolute atomic E-state index is 0.0103. The van der Waals surface area contributed by atoms with Crippen molar-refractivity contribution in [3.63, 3.8) is 0 Å². The Kier molecular flexibility index (Phi) is 4.90. The lowest BCUT2D eigenvalue weighted by Gasteiger charge is -2.34. The Morgan fingerprint density at radius 3 is 2.45 bits per heavy atom. The van der Waals surface area contributed by atoms with Crippen LogP contribution in [0.4, 0.5) is 0 Å². The van der Waals surface area contributed by atoms with E-state index in [4.69, 9.17) is 9.15 Å². The molecular weight excluding hydrogens is 404 g/mol. The second-order valence-electron chi connectivity index (χ2n) is 7.02. The zero-order chi connectivity index (χ0) is 22.3. The number of rotatable bonds is 5. The quantitative estimate of drug-likeness (QED) is 0.376. The molecule has 8 nitrogen and oxygen atoms in total. The first-order chi connectivity index (χ1) is 14.8. The third kappa shape index (κ3) is 3.38. The molecule has 0 bridgehead atoms. The molecule has 0 fully saturated rings. The predicted octanol–water partition coefficient (Wildman–Crippen LogP) is 1.80. The lowest BCUT2D eigenvalue weighted by molar-refractivity contribution is -0.246. The van der Waals surface area contributed by atoms with Crippen LogP contribution < -0.4 is 15.5 Å². The monoisotopic (exact) mass is 419 g/mol. The van der Waals surface area contributed by atoms with Crippen molar-refractivity contribution in [2.24, 2.45) is 5.92 Å². The minimum Gasteiger partial charge on any atom is -0.872 e. The third-order valence-corrected chi connectivity index (χ3v) is 5.08. The van der Waals surface area contributed by atoms with Crippen LogP contribution in [0.5, 0.6) is 5.75 Å². The summed E-state index contributed by atoms with van der Waals surface area (Å²) in [5, 5.41) is 22.9. The summed E-state index contributed by atoms with van der Waals surface area (Å²) >= 11 is 0. The number of carbonyl (C=O) groups is 3. The standard InChI is InChI=1S/C23H16O8/c1-11(24)17(20(26)14-10-12-6-2-4-8-15(12)31-23(14)29)21-18(22(27)28)19(25)13-7-3-5-9-16(13)30-21/h2-10,17,21,25H,1H3,(H,27,28)/p-1. The van der Waals surface area contributed by atoms with Crippen molar-refractivity contribution in [2.75, 3.05) is 0 Å². The number of carbonyl (C=O) groups excluding carboxylic acids is 2. The van der Waals surface area contributed by atoms with E-state index in [9.17, 15) is 29.4 Å². The van der Waals surface area contributed by atoms with Gasteiger partial charge < -0.3 is 19.4 Å². The molecule has 0 saturated carbocycles. The molecule has 1 N–H and O–H groups in total. The van der Waals surface area contributed by atoms with Gasteiger partial charge in [0.1, 0.15) is 34.7 Å². The molecule has 1 aliphatic heterocycles. The number of hydrogen-bond acceptors (Lipinski definition) is 7. The number of aliphatic carboxylic acids is 1. The molecule has 2 unspecified atom stereocenters. The van der Waals surface area contributed by atoms with Crippen molar-refractivity contribution < 1.29 is 33.8 Å². The summed E-state index contributed by atoms with van der Waals surface area (Å²) in [5.74, 6) is -5.89. The number of ether oxygens (including phenoxy) is 1. The first kappa shape index (κ1) is 20.1. The van der Waals surface area contributed by atoms with Crippen molar-refractivity contribution in [3.05, 3.63) is 81.7 Å². The molecule has 2 aromatic carbocycles. The zero-order valence-corrected chi connectivity index (χ0v) is 16.2. The Hall–Kier alpha value is -4.20. The van der Waals surface area contributed by atoms with Crippen LogP contribution in [-0.4, -0.2) is 28.7 Å². The Balaban J connectivity index is 1.86. The molecule has 31 heavy (non-hydrogen) atoms. The largest absolute Gasteiger partial charge is 0.872 e. The van der Waals surface area contributed by atoms with Crippen molar-refractivity contribution in [2.45, 2.75) is 13.0 Å². The summed E-state index contributed by atoms with van der Waals surface area (Å²) in [6.45, 7) is 1.07. The Bertz CT molecular complexity index is 1330. The van der Waals surface area contributed by atoms with Gasteiger partial charge in [-0.05, 0) is 25.1 Å². The van der Waals surface area contributed by atoms with Crippen molar-refractivity contribution in [1.29, 1.82) is 0 Å². The molecule has 0 spiro atoms. The molecule has 3 aromatic rings. The van der Waals surface area contributed by atoms with Crippen LogP contribution in [0.1, 0.15) is 22.8 Å². The van der Waals surface area contributed by atoms with Crippen molar-refractivity contribution in [3.8, 4) is 5.75 Å². The minimum atomic E-state index is -1.73. The van der Waals surface area contributed by atoms with E-state index in [0.29, 0.717) is 5.39 Å². The molecule has 0 aliphatic carbocycles. The van der Waals surface area contributed by atoms with Gasteiger partial charge in [0.2, 0.25) is 0 Å². The highest BCUT2D eigenvalue weighted by Gasteiger charge is 2.43. The van der Waals surface area contributed by atoms with E-state index in [-0.39, 0.29) is 16.9 Å². The van der Waals surface area contributed by atoms with Gasteiger partial charge in [0, 0.05) is 10.9 Å². The van der Waals surface area contributed by atoms with Crippen LogP contribution in [0, 0.1) is 5.92 Å². The number of fused-ring (bicyclic) bond motifs is 2. The van der Waals surface area contributed by atoms with Crippen LogP contribution >= 0.6 is 0 Å². The van der Waals surface area contributed by atoms with Gasteiger partial charge in [-0.25, -0.2) is 9.59 Å². The number of benzene rings is 2. The van der Waals surface area contributed by atoms with Gasteiger partial charge in [-0.3, -0.25) is 9.59 Å². The van der Waals surface area contributed by atoms with Crippen LogP contribution in [0.15, 0.2) is 69.4 Å². The highest BCUT2D eigenvalue weighted by molar-refractivity contribution is 6.13. The van der Waals surface area contributed by atoms with Gasteiger partial charge in [-0.2, -0.15) is 0 Å². The summed E-state index contributed by atoms with van der Waals surface area (Å²) in [4.78, 5) is 50.0. The van der Waals surface area contributed by atoms with Gasteiger partial charge >= 0.3 is 11.6 Å². The van der Waals surface area contributed by atoms with Gasteiger partial charge in [0.05, 0.1) is 5.57 Å². The normalized spacial score (nSPS) is 16.4. The predicted molar refractivity (Wildman–Crippen MR) is 106 cm³/mol. The number of hydrogen-bond donors (Lipinski definition) is 1. The van der Waals surface area contributed by atoms with Crippen LogP contribution in [-0.2, 0) is 9.59 Å². The fourth-order valence-corrected chi connectivity index (χ4v) is 3.62. The van der Waals surface area contributed by atoms with Gasteiger partial charge in [0.25, 0.3) is 0 Å². The number of carboxylic acids is 1. The van der Waals surface area contributed by atoms with Gasteiger partial charge in [0.15, 0.2) is 5.78 Å². The van der Waals surface area contributed by atoms with Crippen LogP contribution in [0.3, 0.4) is 0 Å². The van der Waals surface area contributed by atoms with E-state index in [1.807, 2.05) is 0 Å². The first-order valence-electron chi connectivity index (χ1n) is 9.27. The second-order valence-corrected chi connectivity index (χ2v) is 7.02. The van der Waals surface area contributed by atoms with E-state index in [1.54, 1.807) is 30.3 Å². The van der Waals surface area contributed by atoms with E-state index in [0.717, 1.165) is 6.92 Å². The van der Waals surface area contributed by atoms with Crippen molar-refractivity contribution in [1.82, 2.24) is 0 Å². The second kappa shape index (κ2) is 7.56. The summed E-state index contributed by atoms with van der Waals surface area (Å²) in [6.07, 6.45) is -1.70. The SMILES string of the molecule is CC(=O)C(C(=O)c1cc2ccccc2oc1=O)C1Oc2ccccc2C([O-])=C1C(=O)O. The summed E-state index contributed by atoms with van der Waals surface area (Å²) in [5.41, 5.74) is -1.90. The average Bonchev–Trinajstić information content (AvgIpc) is 2.73. The molecule has 156 valence electrons. The highest BCUT2D eigenvalue weighted by Crippen LogP contribution is 2.36. The molecule has 0 amide bonds. The number of ketones is 2. The molecule has 8 heteroatoms. The topological polar surface area (TPSA) is 134 Å². The molecule has 0 saturated heterocycles. The molecule has 0 radical (unpaired) electrons. The Labute approximate surface area is 175 Å².